The number of carbonyl (C=O) groups excluding carboxylic acids is 4. The van der Waals surface area contributed by atoms with Crippen LogP contribution in [0.2, 0.25) is 0 Å². The maximum Gasteiger partial charge on any atom is 0.338 e. The number of halogens is 1. The van der Waals surface area contributed by atoms with E-state index < -0.39 is 47.3 Å². The Bertz CT molecular complexity index is 1060. The smallest absolute Gasteiger partial charge is 0.338 e. The highest BCUT2D eigenvalue weighted by molar-refractivity contribution is 5.91. The Labute approximate surface area is 204 Å². The van der Waals surface area contributed by atoms with Crippen molar-refractivity contribution in [2.75, 3.05) is 7.11 Å². The normalized spacial score (nSPS) is 12.7. The fraction of sp³-hybridized carbons (Fsp3) is 0.385. The van der Waals surface area contributed by atoms with Crippen LogP contribution in [-0.4, -0.2) is 48.5 Å². The van der Waals surface area contributed by atoms with E-state index in [-0.39, 0.29) is 18.4 Å². The van der Waals surface area contributed by atoms with Gasteiger partial charge in [0.2, 0.25) is 11.8 Å². The van der Waals surface area contributed by atoms with Gasteiger partial charge < -0.3 is 20.1 Å². The molecule has 0 radical (unpaired) electrons. The molecule has 0 saturated carbocycles. The molecule has 35 heavy (non-hydrogen) atoms. The molecule has 2 amide bonds. The standard InChI is InChI=1S/C26H31FN2O6/c1-16(30)28-21(15-19-8-6-7-9-20(19)27)23(31)29-22(25(33)34-5)14-17-10-12-18(13-11-17)24(32)35-26(2,3)4/h6-13,21-22H,14-15H2,1-5H3,(H,28,30)(H,29,31)/t21-,22+/m0/s1. The Kier molecular flexibility index (Phi) is 9.50. The zero-order chi connectivity index (χ0) is 26.2. The summed E-state index contributed by atoms with van der Waals surface area (Å²) in [5.41, 5.74) is 0.605. The van der Waals surface area contributed by atoms with Crippen molar-refractivity contribution >= 4 is 23.8 Å². The first-order valence-corrected chi connectivity index (χ1v) is 11.1. The van der Waals surface area contributed by atoms with Gasteiger partial charge >= 0.3 is 11.9 Å². The minimum atomic E-state index is -1.11. The molecule has 9 heteroatoms. The van der Waals surface area contributed by atoms with Crippen molar-refractivity contribution in [3.8, 4) is 0 Å². The van der Waals surface area contributed by atoms with Crippen LogP contribution in [-0.2, 0) is 36.7 Å². The summed E-state index contributed by atoms with van der Waals surface area (Å²) < 4.78 is 24.3. The van der Waals surface area contributed by atoms with Crippen molar-refractivity contribution in [1.29, 1.82) is 0 Å². The number of benzene rings is 2. The molecule has 0 bridgehead atoms. The lowest BCUT2D eigenvalue weighted by atomic mass is 10.0. The molecule has 188 valence electrons. The molecular weight excluding hydrogens is 455 g/mol. The number of ether oxygens (including phenoxy) is 2. The Morgan fingerprint density at radius 3 is 2.09 bits per heavy atom. The van der Waals surface area contributed by atoms with E-state index in [9.17, 15) is 23.6 Å². The maximum absolute atomic E-state index is 14.1. The number of carbonyl (C=O) groups is 4. The summed E-state index contributed by atoms with van der Waals surface area (Å²) in [6.07, 6.45) is -0.0317. The molecule has 0 unspecified atom stereocenters. The molecule has 0 heterocycles. The number of nitrogens with one attached hydrogen (secondary N) is 2. The molecule has 0 aliphatic rings. The number of amides is 2. The lowest BCUT2D eigenvalue weighted by molar-refractivity contribution is -0.145. The summed E-state index contributed by atoms with van der Waals surface area (Å²) in [7, 11) is 1.19. The molecule has 0 spiro atoms. The lowest BCUT2D eigenvalue weighted by Gasteiger charge is -2.22. The predicted octanol–water partition coefficient (Wildman–Crippen LogP) is 2.73. The molecule has 2 atom stereocenters. The highest BCUT2D eigenvalue weighted by Gasteiger charge is 2.28. The van der Waals surface area contributed by atoms with Crippen LogP contribution in [0.25, 0.3) is 0 Å². The second-order valence-corrected chi connectivity index (χ2v) is 9.04. The number of esters is 2. The second kappa shape index (κ2) is 12.1. The molecular formula is C26H31FN2O6. The molecule has 2 N–H and O–H groups in total. The van der Waals surface area contributed by atoms with Crippen molar-refractivity contribution in [1.82, 2.24) is 10.6 Å². The lowest BCUT2D eigenvalue weighted by Crippen LogP contribution is -2.53. The second-order valence-electron chi connectivity index (χ2n) is 9.04. The number of rotatable bonds is 9. The summed E-state index contributed by atoms with van der Waals surface area (Å²) in [4.78, 5) is 49.2. The quantitative estimate of drug-likeness (QED) is 0.528. The third kappa shape index (κ3) is 8.84. The summed E-state index contributed by atoms with van der Waals surface area (Å²) >= 11 is 0. The number of hydrogen-bond donors (Lipinski definition) is 2. The van der Waals surface area contributed by atoms with Crippen LogP contribution >= 0.6 is 0 Å². The first kappa shape index (κ1) is 27.5. The van der Waals surface area contributed by atoms with E-state index in [2.05, 4.69) is 10.6 Å². The van der Waals surface area contributed by atoms with Crippen LogP contribution in [0.15, 0.2) is 48.5 Å². The highest BCUT2D eigenvalue weighted by Crippen LogP contribution is 2.15. The van der Waals surface area contributed by atoms with Gasteiger partial charge in [-0.1, -0.05) is 30.3 Å². The van der Waals surface area contributed by atoms with E-state index in [4.69, 9.17) is 9.47 Å². The van der Waals surface area contributed by atoms with Gasteiger partial charge in [0.25, 0.3) is 0 Å². The minimum Gasteiger partial charge on any atom is -0.467 e. The molecule has 2 rings (SSSR count). The molecule has 8 nitrogen and oxygen atoms in total. The van der Waals surface area contributed by atoms with Gasteiger partial charge in [-0.25, -0.2) is 14.0 Å². The van der Waals surface area contributed by atoms with E-state index in [0.717, 1.165) is 0 Å². The summed E-state index contributed by atoms with van der Waals surface area (Å²) in [6.45, 7) is 6.54. The van der Waals surface area contributed by atoms with Crippen LogP contribution in [0, 0.1) is 5.82 Å². The molecule has 0 fully saturated rings. The first-order chi connectivity index (χ1) is 16.4. The number of methoxy groups -OCH3 is 1. The van der Waals surface area contributed by atoms with Crippen LogP contribution < -0.4 is 10.6 Å². The first-order valence-electron chi connectivity index (χ1n) is 11.1. The van der Waals surface area contributed by atoms with Crippen molar-refractivity contribution in [2.45, 2.75) is 58.2 Å². The van der Waals surface area contributed by atoms with Crippen molar-refractivity contribution in [2.24, 2.45) is 0 Å². The Morgan fingerprint density at radius 1 is 0.914 bits per heavy atom. The SMILES string of the molecule is COC(=O)[C@@H](Cc1ccc(C(=O)OC(C)(C)C)cc1)NC(=O)[C@H](Cc1ccccc1F)NC(C)=O. The summed E-state index contributed by atoms with van der Waals surface area (Å²) in [6, 6.07) is 10.2. The van der Waals surface area contributed by atoms with E-state index in [1.807, 2.05) is 0 Å². The third-order valence-corrected chi connectivity index (χ3v) is 4.91. The van der Waals surface area contributed by atoms with E-state index in [1.165, 1.54) is 32.2 Å². The van der Waals surface area contributed by atoms with Crippen LogP contribution in [0.1, 0.15) is 49.2 Å². The van der Waals surface area contributed by atoms with Gasteiger partial charge in [0.05, 0.1) is 12.7 Å². The van der Waals surface area contributed by atoms with Crippen molar-refractivity contribution < 1.29 is 33.0 Å². The van der Waals surface area contributed by atoms with Gasteiger partial charge in [0.1, 0.15) is 23.5 Å². The highest BCUT2D eigenvalue weighted by atomic mass is 19.1. The van der Waals surface area contributed by atoms with Gasteiger partial charge in [0, 0.05) is 19.8 Å². The molecule has 0 aliphatic heterocycles. The minimum absolute atomic E-state index is 0.0689. The Balaban J connectivity index is 2.16. The van der Waals surface area contributed by atoms with Crippen LogP contribution in [0.3, 0.4) is 0 Å². The van der Waals surface area contributed by atoms with Crippen LogP contribution in [0.5, 0.6) is 0 Å². The van der Waals surface area contributed by atoms with Gasteiger partial charge in [-0.2, -0.15) is 0 Å². The summed E-state index contributed by atoms with van der Waals surface area (Å²) in [5.74, 6) is -2.82. The van der Waals surface area contributed by atoms with E-state index >= 15 is 0 Å². The van der Waals surface area contributed by atoms with Crippen molar-refractivity contribution in [3.63, 3.8) is 0 Å². The topological polar surface area (TPSA) is 111 Å². The average molecular weight is 487 g/mol. The fourth-order valence-electron chi connectivity index (χ4n) is 3.30. The predicted molar refractivity (Wildman–Crippen MR) is 127 cm³/mol. The van der Waals surface area contributed by atoms with Crippen molar-refractivity contribution in [3.05, 3.63) is 71.0 Å². The average Bonchev–Trinajstić information content (AvgIpc) is 2.78. The molecule has 0 saturated heterocycles. The van der Waals surface area contributed by atoms with Gasteiger partial charge in [-0.3, -0.25) is 9.59 Å². The fourth-order valence-corrected chi connectivity index (χ4v) is 3.30. The van der Waals surface area contributed by atoms with Crippen LogP contribution in [0.4, 0.5) is 4.39 Å². The maximum atomic E-state index is 14.1. The van der Waals surface area contributed by atoms with E-state index in [0.29, 0.717) is 11.1 Å². The Morgan fingerprint density at radius 2 is 1.54 bits per heavy atom. The largest absolute Gasteiger partial charge is 0.467 e. The van der Waals surface area contributed by atoms with Gasteiger partial charge in [-0.15, -0.1) is 0 Å². The van der Waals surface area contributed by atoms with Gasteiger partial charge in [-0.05, 0) is 50.1 Å². The summed E-state index contributed by atoms with van der Waals surface area (Å²) in [5, 5.41) is 5.09. The molecule has 0 aliphatic carbocycles. The monoisotopic (exact) mass is 486 g/mol. The zero-order valence-corrected chi connectivity index (χ0v) is 20.5. The Hall–Kier alpha value is -3.75. The van der Waals surface area contributed by atoms with E-state index in [1.54, 1.807) is 51.1 Å². The number of hydrogen-bond acceptors (Lipinski definition) is 6. The zero-order valence-electron chi connectivity index (χ0n) is 20.5. The molecule has 2 aromatic carbocycles. The molecule has 2 aromatic rings. The molecule has 0 aromatic heterocycles. The third-order valence-electron chi connectivity index (χ3n) is 4.91. The van der Waals surface area contributed by atoms with Gasteiger partial charge in [0.15, 0.2) is 0 Å².